The van der Waals surface area contributed by atoms with Crippen LogP contribution < -0.4 is 10.2 Å². The third-order valence-corrected chi connectivity index (χ3v) is 5.01. The van der Waals surface area contributed by atoms with Crippen LogP contribution >= 0.6 is 15.9 Å². The number of fused-ring (bicyclic) bond motifs is 1. The van der Waals surface area contributed by atoms with E-state index in [2.05, 4.69) is 50.4 Å². The normalized spacial score (nSPS) is 25.2. The van der Waals surface area contributed by atoms with E-state index in [-0.39, 0.29) is 6.04 Å². The average molecular weight is 352 g/mol. The van der Waals surface area contributed by atoms with Crippen LogP contribution in [0.25, 0.3) is 0 Å². The summed E-state index contributed by atoms with van der Waals surface area (Å²) in [6.45, 7) is 5.68. The van der Waals surface area contributed by atoms with Crippen molar-refractivity contribution in [2.75, 3.05) is 26.7 Å². The Kier molecular flexibility index (Phi) is 4.50. The molecule has 0 spiro atoms. The SMILES string of the molecule is CCCN1CCC2=NNC(c3ccc(OC)c(Br)c3)C2C1. The molecular formula is C16H22BrN3O. The molecule has 1 saturated heterocycles. The molecule has 0 amide bonds. The van der Waals surface area contributed by atoms with Crippen molar-refractivity contribution in [3.8, 4) is 5.75 Å². The minimum atomic E-state index is 0.280. The molecule has 2 aliphatic rings. The molecule has 0 bridgehead atoms. The van der Waals surface area contributed by atoms with E-state index in [1.54, 1.807) is 7.11 Å². The number of hydrogen-bond donors (Lipinski definition) is 1. The predicted molar refractivity (Wildman–Crippen MR) is 88.8 cm³/mol. The molecule has 2 aliphatic heterocycles. The Morgan fingerprint density at radius 1 is 1.48 bits per heavy atom. The van der Waals surface area contributed by atoms with Gasteiger partial charge in [-0.15, -0.1) is 0 Å². The predicted octanol–water partition coefficient (Wildman–Crippen LogP) is 3.19. The van der Waals surface area contributed by atoms with Gasteiger partial charge in [0.1, 0.15) is 5.75 Å². The van der Waals surface area contributed by atoms with Crippen LogP contribution in [0.2, 0.25) is 0 Å². The number of hydrogen-bond acceptors (Lipinski definition) is 4. The standard InChI is InChI=1S/C16H22BrN3O/c1-3-7-20-8-6-14-12(10-20)16(19-18-14)11-4-5-15(21-2)13(17)9-11/h4-5,9,12,16,19H,3,6-8,10H2,1-2H3. The fraction of sp³-hybridized carbons (Fsp3) is 0.562. The highest BCUT2D eigenvalue weighted by Gasteiger charge is 2.36. The van der Waals surface area contributed by atoms with E-state index in [0.717, 1.165) is 29.7 Å². The smallest absolute Gasteiger partial charge is 0.133 e. The van der Waals surface area contributed by atoms with Crippen molar-refractivity contribution < 1.29 is 4.74 Å². The number of benzene rings is 1. The molecule has 21 heavy (non-hydrogen) atoms. The molecule has 114 valence electrons. The summed E-state index contributed by atoms with van der Waals surface area (Å²) in [4.78, 5) is 2.56. The quantitative estimate of drug-likeness (QED) is 0.904. The second-order valence-electron chi connectivity index (χ2n) is 5.76. The number of piperidine rings is 1. The first-order chi connectivity index (χ1) is 10.2. The van der Waals surface area contributed by atoms with Crippen molar-refractivity contribution in [1.82, 2.24) is 10.3 Å². The lowest BCUT2D eigenvalue weighted by Crippen LogP contribution is -2.42. The van der Waals surface area contributed by atoms with Crippen LogP contribution in [0.15, 0.2) is 27.8 Å². The van der Waals surface area contributed by atoms with E-state index < -0.39 is 0 Å². The number of halogens is 1. The lowest BCUT2D eigenvalue weighted by atomic mass is 9.86. The van der Waals surface area contributed by atoms with E-state index in [1.165, 1.54) is 24.2 Å². The van der Waals surface area contributed by atoms with Gasteiger partial charge in [-0.25, -0.2) is 0 Å². The number of nitrogens with one attached hydrogen (secondary N) is 1. The van der Waals surface area contributed by atoms with Gasteiger partial charge in [-0.1, -0.05) is 13.0 Å². The lowest BCUT2D eigenvalue weighted by Gasteiger charge is -2.33. The van der Waals surface area contributed by atoms with Crippen molar-refractivity contribution in [3.63, 3.8) is 0 Å². The first kappa shape index (κ1) is 14.9. The van der Waals surface area contributed by atoms with Crippen molar-refractivity contribution in [1.29, 1.82) is 0 Å². The monoisotopic (exact) mass is 351 g/mol. The highest BCUT2D eigenvalue weighted by Crippen LogP contribution is 2.35. The largest absolute Gasteiger partial charge is 0.496 e. The van der Waals surface area contributed by atoms with E-state index >= 15 is 0 Å². The van der Waals surface area contributed by atoms with Crippen LogP contribution in [0, 0.1) is 5.92 Å². The maximum Gasteiger partial charge on any atom is 0.133 e. The minimum absolute atomic E-state index is 0.280. The third kappa shape index (κ3) is 2.94. The third-order valence-electron chi connectivity index (χ3n) is 4.39. The molecule has 1 N–H and O–H groups in total. The van der Waals surface area contributed by atoms with E-state index in [0.29, 0.717) is 5.92 Å². The summed E-state index contributed by atoms with van der Waals surface area (Å²) in [5.74, 6) is 1.36. The Labute approximate surface area is 134 Å². The Balaban J connectivity index is 1.78. The molecule has 2 unspecified atom stereocenters. The van der Waals surface area contributed by atoms with E-state index in [4.69, 9.17) is 4.74 Å². The summed E-state index contributed by atoms with van der Waals surface area (Å²) < 4.78 is 6.31. The van der Waals surface area contributed by atoms with Crippen LogP contribution in [-0.2, 0) is 0 Å². The van der Waals surface area contributed by atoms with Crippen molar-refractivity contribution in [3.05, 3.63) is 28.2 Å². The molecule has 3 rings (SSSR count). The zero-order valence-corrected chi connectivity index (χ0v) is 14.2. The first-order valence-electron chi connectivity index (χ1n) is 7.60. The minimum Gasteiger partial charge on any atom is -0.496 e. The number of methoxy groups -OCH3 is 1. The van der Waals surface area contributed by atoms with Crippen LogP contribution in [0.1, 0.15) is 31.4 Å². The number of rotatable bonds is 4. The summed E-state index contributed by atoms with van der Waals surface area (Å²) in [5.41, 5.74) is 5.94. The molecule has 1 aromatic carbocycles. The lowest BCUT2D eigenvalue weighted by molar-refractivity contribution is 0.228. The molecule has 2 atom stereocenters. The van der Waals surface area contributed by atoms with Gasteiger partial charge in [0.25, 0.3) is 0 Å². The van der Waals surface area contributed by atoms with Crippen molar-refractivity contribution in [2.45, 2.75) is 25.8 Å². The van der Waals surface area contributed by atoms with Gasteiger partial charge in [-0.2, -0.15) is 5.10 Å². The summed E-state index contributed by atoms with van der Waals surface area (Å²) in [5, 5.41) is 4.58. The summed E-state index contributed by atoms with van der Waals surface area (Å²) >= 11 is 3.58. The molecule has 4 nitrogen and oxygen atoms in total. The van der Waals surface area contributed by atoms with Gasteiger partial charge in [0.15, 0.2) is 0 Å². The molecule has 1 aromatic rings. The van der Waals surface area contributed by atoms with Crippen molar-refractivity contribution in [2.24, 2.45) is 11.0 Å². The van der Waals surface area contributed by atoms with Crippen LogP contribution in [0.5, 0.6) is 5.75 Å². The second kappa shape index (κ2) is 6.36. The molecule has 0 aliphatic carbocycles. The summed E-state index contributed by atoms with van der Waals surface area (Å²) in [7, 11) is 1.69. The van der Waals surface area contributed by atoms with E-state index in [1.807, 2.05) is 6.07 Å². The topological polar surface area (TPSA) is 36.9 Å². The molecular weight excluding hydrogens is 330 g/mol. The summed E-state index contributed by atoms with van der Waals surface area (Å²) in [6.07, 6.45) is 2.30. The average Bonchev–Trinajstić information content (AvgIpc) is 2.90. The van der Waals surface area contributed by atoms with E-state index in [9.17, 15) is 0 Å². The molecule has 2 heterocycles. The Bertz CT molecular complexity index is 546. The van der Waals surface area contributed by atoms with Crippen LogP contribution in [0.3, 0.4) is 0 Å². The maximum atomic E-state index is 5.31. The number of hydrazone groups is 1. The maximum absolute atomic E-state index is 5.31. The molecule has 0 radical (unpaired) electrons. The highest BCUT2D eigenvalue weighted by molar-refractivity contribution is 9.10. The van der Waals surface area contributed by atoms with Gasteiger partial charge < -0.3 is 15.1 Å². The van der Waals surface area contributed by atoms with Gasteiger partial charge >= 0.3 is 0 Å². The van der Waals surface area contributed by atoms with Crippen LogP contribution in [0.4, 0.5) is 0 Å². The van der Waals surface area contributed by atoms with Crippen LogP contribution in [-0.4, -0.2) is 37.4 Å². The van der Waals surface area contributed by atoms with Gasteiger partial charge in [-0.05, 0) is 46.6 Å². The zero-order chi connectivity index (χ0) is 14.8. The van der Waals surface area contributed by atoms with Crippen molar-refractivity contribution >= 4 is 21.6 Å². The van der Waals surface area contributed by atoms with Gasteiger partial charge in [0, 0.05) is 31.1 Å². The summed E-state index contributed by atoms with van der Waals surface area (Å²) in [6, 6.07) is 6.58. The Morgan fingerprint density at radius 3 is 3.05 bits per heavy atom. The number of likely N-dealkylation sites (tertiary alicyclic amines) is 1. The highest BCUT2D eigenvalue weighted by atomic mass is 79.9. The molecule has 0 aromatic heterocycles. The molecule has 1 fully saturated rings. The molecule has 5 heteroatoms. The van der Waals surface area contributed by atoms with Gasteiger partial charge in [0.2, 0.25) is 0 Å². The first-order valence-corrected chi connectivity index (χ1v) is 8.40. The van der Waals surface area contributed by atoms with Gasteiger partial charge in [-0.3, -0.25) is 0 Å². The fourth-order valence-corrected chi connectivity index (χ4v) is 3.87. The Morgan fingerprint density at radius 2 is 2.33 bits per heavy atom. The fourth-order valence-electron chi connectivity index (χ4n) is 3.31. The molecule has 0 saturated carbocycles. The van der Waals surface area contributed by atoms with Gasteiger partial charge in [0.05, 0.1) is 17.6 Å². The number of nitrogens with zero attached hydrogens (tertiary/aromatic N) is 2. The number of ether oxygens (including phenoxy) is 1. The Hall–Kier alpha value is -1.07. The zero-order valence-electron chi connectivity index (χ0n) is 12.6. The second-order valence-corrected chi connectivity index (χ2v) is 6.62.